The monoisotopic (exact) mass is 617 g/mol. The number of nitrogens with zero attached hydrogens (tertiary/aromatic N) is 2. The van der Waals surface area contributed by atoms with Gasteiger partial charge in [-0.05, 0) is 68.1 Å². The summed E-state index contributed by atoms with van der Waals surface area (Å²) in [6.45, 7) is 8.88. The van der Waals surface area contributed by atoms with E-state index in [1.807, 2.05) is 39.8 Å². The number of rotatable bonds is 12. The van der Waals surface area contributed by atoms with Crippen molar-refractivity contribution in [3.8, 4) is 0 Å². The van der Waals surface area contributed by atoms with Crippen LogP contribution in [-0.4, -0.2) is 43.8 Å². The van der Waals surface area contributed by atoms with Crippen LogP contribution in [0.25, 0.3) is 0 Å². The van der Waals surface area contributed by atoms with Gasteiger partial charge in [-0.3, -0.25) is 13.9 Å². The summed E-state index contributed by atoms with van der Waals surface area (Å²) in [4.78, 5) is 28.6. The number of carbonyl (C=O) groups excluding carboxylic acids is 2. The summed E-state index contributed by atoms with van der Waals surface area (Å²) in [5.74, 6) is -0.708. The lowest BCUT2D eigenvalue weighted by Crippen LogP contribution is -2.52. The number of anilines is 1. The Morgan fingerprint density at radius 1 is 0.854 bits per heavy atom. The number of amides is 2. The fourth-order valence-electron chi connectivity index (χ4n) is 4.18. The predicted octanol–water partition coefficient (Wildman–Crippen LogP) is 6.64. The van der Waals surface area contributed by atoms with Gasteiger partial charge in [0.1, 0.15) is 12.6 Å². The van der Waals surface area contributed by atoms with Crippen molar-refractivity contribution in [1.29, 1.82) is 0 Å². The molecule has 0 saturated carbocycles. The highest BCUT2D eigenvalue weighted by Gasteiger charge is 2.33. The number of halogens is 2. The highest BCUT2D eigenvalue weighted by atomic mass is 35.5. The molecule has 0 fully saturated rings. The molecule has 7 nitrogen and oxygen atoms in total. The maximum Gasteiger partial charge on any atom is 0.264 e. The summed E-state index contributed by atoms with van der Waals surface area (Å²) < 4.78 is 28.9. The van der Waals surface area contributed by atoms with Crippen LogP contribution in [0.4, 0.5) is 5.69 Å². The van der Waals surface area contributed by atoms with Gasteiger partial charge in [0.05, 0.1) is 10.6 Å². The molecule has 3 rings (SSSR count). The number of sulfonamides is 1. The third-order valence-corrected chi connectivity index (χ3v) is 9.51. The number of nitrogens with one attached hydrogen (secondary N) is 1. The molecule has 41 heavy (non-hydrogen) atoms. The molecule has 0 unspecified atom stereocenters. The van der Waals surface area contributed by atoms with E-state index in [0.717, 1.165) is 9.87 Å². The molecule has 0 bridgehead atoms. The van der Waals surface area contributed by atoms with E-state index in [-0.39, 0.29) is 29.3 Å². The van der Waals surface area contributed by atoms with Gasteiger partial charge in [0.25, 0.3) is 10.0 Å². The van der Waals surface area contributed by atoms with Crippen molar-refractivity contribution >= 4 is 50.7 Å². The van der Waals surface area contributed by atoms with E-state index >= 15 is 0 Å². The minimum Gasteiger partial charge on any atom is -0.352 e. The summed E-state index contributed by atoms with van der Waals surface area (Å²) >= 11 is 12.9. The Hall–Kier alpha value is -3.07. The van der Waals surface area contributed by atoms with Crippen molar-refractivity contribution in [3.05, 3.63) is 94.0 Å². The van der Waals surface area contributed by atoms with Gasteiger partial charge >= 0.3 is 0 Å². The molecular formula is C31H37Cl2N3O4S. The quantitative estimate of drug-likeness (QED) is 0.247. The Balaban J connectivity index is 2.07. The van der Waals surface area contributed by atoms with Crippen LogP contribution in [0.15, 0.2) is 77.7 Å². The molecule has 0 spiro atoms. The third kappa shape index (κ3) is 8.03. The van der Waals surface area contributed by atoms with E-state index in [0.29, 0.717) is 27.7 Å². The Bertz CT molecular complexity index is 1430. The first kappa shape index (κ1) is 32.4. The van der Waals surface area contributed by atoms with Gasteiger partial charge < -0.3 is 10.2 Å². The molecule has 0 radical (unpaired) electrons. The zero-order valence-electron chi connectivity index (χ0n) is 24.0. The Labute approximate surface area is 253 Å². The van der Waals surface area contributed by atoms with Crippen LogP contribution in [0.5, 0.6) is 0 Å². The summed E-state index contributed by atoms with van der Waals surface area (Å²) in [6, 6.07) is 19.0. The van der Waals surface area contributed by atoms with Crippen LogP contribution in [0.1, 0.15) is 58.1 Å². The van der Waals surface area contributed by atoms with Crippen molar-refractivity contribution in [2.45, 2.75) is 70.5 Å². The molecule has 0 aliphatic rings. The number of hydrogen-bond acceptors (Lipinski definition) is 4. The minimum atomic E-state index is -4.14. The smallest absolute Gasteiger partial charge is 0.264 e. The largest absolute Gasteiger partial charge is 0.352 e. The Morgan fingerprint density at radius 2 is 1.44 bits per heavy atom. The minimum absolute atomic E-state index is 0.0454. The van der Waals surface area contributed by atoms with Gasteiger partial charge in [-0.15, -0.1) is 0 Å². The molecule has 0 aliphatic heterocycles. The van der Waals surface area contributed by atoms with Crippen LogP contribution in [0, 0.1) is 0 Å². The second-order valence-corrected chi connectivity index (χ2v) is 13.0. The first-order valence-electron chi connectivity index (χ1n) is 13.6. The van der Waals surface area contributed by atoms with Gasteiger partial charge in [0.2, 0.25) is 11.8 Å². The zero-order valence-corrected chi connectivity index (χ0v) is 26.3. The number of hydrogen-bond donors (Lipinski definition) is 1. The Kier molecular flexibility index (Phi) is 11.2. The second-order valence-electron chi connectivity index (χ2n) is 10.3. The molecule has 220 valence electrons. The maximum absolute atomic E-state index is 14.1. The molecule has 2 amide bonds. The van der Waals surface area contributed by atoms with Crippen molar-refractivity contribution in [2.24, 2.45) is 0 Å². The second kappa shape index (κ2) is 14.2. The first-order valence-corrected chi connectivity index (χ1v) is 15.8. The first-order chi connectivity index (χ1) is 19.4. The fraction of sp³-hybridized carbons (Fsp3) is 0.355. The van der Waals surface area contributed by atoms with E-state index < -0.39 is 28.5 Å². The number of benzene rings is 3. The van der Waals surface area contributed by atoms with Crippen LogP contribution >= 0.6 is 23.2 Å². The van der Waals surface area contributed by atoms with E-state index in [9.17, 15) is 18.0 Å². The molecule has 2 atom stereocenters. The lowest BCUT2D eigenvalue weighted by Gasteiger charge is -2.33. The van der Waals surface area contributed by atoms with E-state index in [1.54, 1.807) is 55.5 Å². The van der Waals surface area contributed by atoms with Crippen molar-refractivity contribution < 1.29 is 18.0 Å². The lowest BCUT2D eigenvalue weighted by molar-refractivity contribution is -0.139. The molecule has 1 N–H and O–H groups in total. The number of carbonyl (C=O) groups is 2. The van der Waals surface area contributed by atoms with Crippen LogP contribution in [-0.2, 0) is 26.2 Å². The lowest BCUT2D eigenvalue weighted by atomic mass is 10.0. The zero-order chi connectivity index (χ0) is 30.3. The molecule has 0 heterocycles. The SMILES string of the molecule is CC[C@H](C)NC(=O)[C@H](C)N(Cc1c(Cl)cccc1Cl)C(=O)CN(c1ccc(C(C)C)cc1)S(=O)(=O)c1ccccc1. The van der Waals surface area contributed by atoms with Gasteiger partial charge in [-0.1, -0.05) is 80.4 Å². The van der Waals surface area contributed by atoms with Crippen molar-refractivity contribution in [1.82, 2.24) is 10.2 Å². The van der Waals surface area contributed by atoms with E-state index in [2.05, 4.69) is 5.32 Å². The van der Waals surface area contributed by atoms with E-state index in [4.69, 9.17) is 23.2 Å². The van der Waals surface area contributed by atoms with Gasteiger partial charge in [0.15, 0.2) is 0 Å². The highest BCUT2D eigenvalue weighted by Crippen LogP contribution is 2.29. The third-order valence-electron chi connectivity index (χ3n) is 7.02. The topological polar surface area (TPSA) is 86.8 Å². The molecule has 3 aromatic carbocycles. The predicted molar refractivity (Wildman–Crippen MR) is 166 cm³/mol. The highest BCUT2D eigenvalue weighted by molar-refractivity contribution is 7.92. The van der Waals surface area contributed by atoms with Crippen LogP contribution < -0.4 is 9.62 Å². The van der Waals surface area contributed by atoms with Gasteiger partial charge in [-0.25, -0.2) is 8.42 Å². The van der Waals surface area contributed by atoms with Gasteiger partial charge in [-0.2, -0.15) is 0 Å². The summed E-state index contributed by atoms with van der Waals surface area (Å²) in [5, 5.41) is 3.58. The molecule has 0 aliphatic carbocycles. The summed E-state index contributed by atoms with van der Waals surface area (Å²) in [6.07, 6.45) is 0.707. The maximum atomic E-state index is 14.1. The molecule has 0 saturated heterocycles. The van der Waals surface area contributed by atoms with Crippen molar-refractivity contribution in [3.63, 3.8) is 0 Å². The molecular weight excluding hydrogens is 581 g/mol. The van der Waals surface area contributed by atoms with Gasteiger partial charge in [0, 0.05) is 28.2 Å². The van der Waals surface area contributed by atoms with Crippen LogP contribution in [0.2, 0.25) is 10.0 Å². The molecule has 3 aromatic rings. The normalized spacial score (nSPS) is 13.0. The molecule has 10 heteroatoms. The average Bonchev–Trinajstić information content (AvgIpc) is 2.95. The molecule has 0 aromatic heterocycles. The van der Waals surface area contributed by atoms with E-state index in [1.165, 1.54) is 17.0 Å². The summed E-state index contributed by atoms with van der Waals surface area (Å²) in [5.41, 5.74) is 1.83. The standard InChI is InChI=1S/C31H37Cl2N3O4S/c1-6-22(4)34-31(38)23(5)35(19-27-28(32)13-10-14-29(27)33)30(37)20-36(25-17-15-24(16-18-25)21(2)3)41(39,40)26-11-8-7-9-12-26/h7-18,21-23H,6,19-20H2,1-5H3,(H,34,38)/t22-,23-/m0/s1. The van der Waals surface area contributed by atoms with Crippen LogP contribution in [0.3, 0.4) is 0 Å². The summed E-state index contributed by atoms with van der Waals surface area (Å²) in [7, 11) is -4.14. The Morgan fingerprint density at radius 3 is 1.98 bits per heavy atom. The van der Waals surface area contributed by atoms with Crippen molar-refractivity contribution in [2.75, 3.05) is 10.8 Å². The fourth-order valence-corrected chi connectivity index (χ4v) is 6.13. The average molecular weight is 619 g/mol.